The molecule has 0 amide bonds. The Morgan fingerprint density at radius 1 is 1.05 bits per heavy atom. The lowest BCUT2D eigenvalue weighted by Gasteiger charge is -2.13. The van der Waals surface area contributed by atoms with Crippen LogP contribution < -0.4 is 10.5 Å². The molecule has 2 rings (SSSR count). The lowest BCUT2D eigenvalue weighted by atomic mass is 10.1. The first-order valence-corrected chi connectivity index (χ1v) is 6.41. The van der Waals surface area contributed by atoms with Gasteiger partial charge in [-0.3, -0.25) is 0 Å². The molecule has 0 bridgehead atoms. The van der Waals surface area contributed by atoms with E-state index in [-0.39, 0.29) is 11.6 Å². The van der Waals surface area contributed by atoms with Crippen molar-refractivity contribution in [3.8, 4) is 5.75 Å². The number of hydrogen-bond acceptors (Lipinski definition) is 2. The van der Waals surface area contributed by atoms with E-state index in [9.17, 15) is 8.78 Å². The van der Waals surface area contributed by atoms with Crippen molar-refractivity contribution in [2.75, 3.05) is 0 Å². The largest absolute Gasteiger partial charge is 0.489 e. The fourth-order valence-electron chi connectivity index (χ4n) is 1.86. The van der Waals surface area contributed by atoms with Crippen LogP contribution in [0.4, 0.5) is 8.78 Å². The Hall–Kier alpha value is -1.94. The van der Waals surface area contributed by atoms with Gasteiger partial charge in [0.2, 0.25) is 0 Å². The third kappa shape index (κ3) is 3.78. The van der Waals surface area contributed by atoms with Crippen LogP contribution in [-0.2, 0) is 6.61 Å². The minimum atomic E-state index is -2.53. The van der Waals surface area contributed by atoms with Crippen LogP contribution in [0, 0.1) is 0 Å². The van der Waals surface area contributed by atoms with Gasteiger partial charge in [-0.2, -0.15) is 0 Å². The second-order valence-electron chi connectivity index (χ2n) is 4.70. The molecule has 106 valence electrons. The number of ether oxygens (including phenoxy) is 1. The summed E-state index contributed by atoms with van der Waals surface area (Å²) in [6, 6.07) is 13.7. The van der Waals surface area contributed by atoms with Crippen molar-refractivity contribution in [2.24, 2.45) is 5.73 Å². The molecule has 2 aromatic rings. The second-order valence-corrected chi connectivity index (χ2v) is 4.70. The summed E-state index contributed by atoms with van der Waals surface area (Å²) < 4.78 is 31.3. The molecule has 0 aliphatic carbocycles. The molecule has 2 nitrogen and oxygen atoms in total. The maximum absolute atomic E-state index is 12.9. The van der Waals surface area contributed by atoms with E-state index in [0.717, 1.165) is 5.56 Å². The monoisotopic (exact) mass is 277 g/mol. The van der Waals surface area contributed by atoms with Gasteiger partial charge in [-0.05, 0) is 36.2 Å². The van der Waals surface area contributed by atoms with Crippen LogP contribution in [0.3, 0.4) is 0 Å². The van der Waals surface area contributed by atoms with Crippen molar-refractivity contribution in [3.63, 3.8) is 0 Å². The molecule has 1 atom stereocenters. The molecule has 0 saturated heterocycles. The molecule has 2 aromatic carbocycles. The molecule has 0 fully saturated rings. The molecule has 0 saturated carbocycles. The van der Waals surface area contributed by atoms with Gasteiger partial charge in [0.1, 0.15) is 12.4 Å². The minimum Gasteiger partial charge on any atom is -0.489 e. The van der Waals surface area contributed by atoms with E-state index in [0.29, 0.717) is 17.9 Å². The van der Waals surface area contributed by atoms with Crippen molar-refractivity contribution < 1.29 is 13.5 Å². The molecule has 0 radical (unpaired) electrons. The van der Waals surface area contributed by atoms with Crippen molar-refractivity contribution in [3.05, 3.63) is 65.2 Å². The van der Waals surface area contributed by atoms with E-state index in [1.165, 1.54) is 12.1 Å². The molecule has 4 heteroatoms. The Morgan fingerprint density at radius 3 is 2.30 bits per heavy atom. The summed E-state index contributed by atoms with van der Waals surface area (Å²) in [5, 5.41) is 0. The zero-order chi connectivity index (χ0) is 14.5. The molecule has 0 aliphatic heterocycles. The van der Waals surface area contributed by atoms with Gasteiger partial charge in [0, 0.05) is 11.6 Å². The summed E-state index contributed by atoms with van der Waals surface area (Å²) in [4.78, 5) is 0. The zero-order valence-electron chi connectivity index (χ0n) is 11.2. The smallest absolute Gasteiger partial charge is 0.263 e. The third-order valence-electron chi connectivity index (χ3n) is 2.98. The Balaban J connectivity index is 2.18. The van der Waals surface area contributed by atoms with Crippen LogP contribution in [0.5, 0.6) is 5.75 Å². The SMILES string of the molecule is C[C@@H](N)c1cc(OCc2ccccc2)cc(C(F)F)c1. The predicted molar refractivity (Wildman–Crippen MR) is 74.8 cm³/mol. The van der Waals surface area contributed by atoms with Crippen molar-refractivity contribution >= 4 is 0 Å². The molecule has 0 unspecified atom stereocenters. The summed E-state index contributed by atoms with van der Waals surface area (Å²) in [7, 11) is 0. The van der Waals surface area contributed by atoms with Gasteiger partial charge in [0.25, 0.3) is 6.43 Å². The van der Waals surface area contributed by atoms with Gasteiger partial charge in [-0.15, -0.1) is 0 Å². The van der Waals surface area contributed by atoms with E-state index in [1.807, 2.05) is 30.3 Å². The highest BCUT2D eigenvalue weighted by molar-refractivity contribution is 5.36. The molecule has 20 heavy (non-hydrogen) atoms. The minimum absolute atomic E-state index is 0.0668. The predicted octanol–water partition coefficient (Wildman–Crippen LogP) is 4.22. The molecule has 0 spiro atoms. The quantitative estimate of drug-likeness (QED) is 0.888. The van der Waals surface area contributed by atoms with Gasteiger partial charge in [0.05, 0.1) is 0 Å². The van der Waals surface area contributed by atoms with Gasteiger partial charge in [-0.25, -0.2) is 8.78 Å². The fourth-order valence-corrected chi connectivity index (χ4v) is 1.86. The second kappa shape index (κ2) is 6.48. The van der Waals surface area contributed by atoms with Crippen molar-refractivity contribution in [2.45, 2.75) is 26.0 Å². The number of halogens is 2. The lowest BCUT2D eigenvalue weighted by Crippen LogP contribution is -2.06. The first-order valence-electron chi connectivity index (χ1n) is 6.41. The van der Waals surface area contributed by atoms with Crippen LogP contribution in [-0.4, -0.2) is 0 Å². The maximum Gasteiger partial charge on any atom is 0.263 e. The number of hydrogen-bond donors (Lipinski definition) is 1. The van der Waals surface area contributed by atoms with Crippen LogP contribution >= 0.6 is 0 Å². The van der Waals surface area contributed by atoms with Crippen LogP contribution in [0.2, 0.25) is 0 Å². The lowest BCUT2D eigenvalue weighted by molar-refractivity contribution is 0.150. The third-order valence-corrected chi connectivity index (χ3v) is 2.98. The Labute approximate surface area is 117 Å². The topological polar surface area (TPSA) is 35.2 Å². The standard InChI is InChI=1S/C16H17F2NO/c1-11(19)13-7-14(16(17)18)9-15(8-13)20-10-12-5-3-2-4-6-12/h2-9,11,16H,10,19H2,1H3/t11-/m1/s1. The maximum atomic E-state index is 12.9. The Kier molecular flexibility index (Phi) is 4.69. The normalized spacial score (nSPS) is 12.4. The fraction of sp³-hybridized carbons (Fsp3) is 0.250. The van der Waals surface area contributed by atoms with Gasteiger partial charge in [-0.1, -0.05) is 30.3 Å². The molecule has 0 heterocycles. The highest BCUT2D eigenvalue weighted by Crippen LogP contribution is 2.28. The van der Waals surface area contributed by atoms with E-state index >= 15 is 0 Å². The number of nitrogens with two attached hydrogens (primary N) is 1. The van der Waals surface area contributed by atoms with E-state index in [2.05, 4.69) is 0 Å². The number of rotatable bonds is 5. The van der Waals surface area contributed by atoms with E-state index < -0.39 is 6.43 Å². The average Bonchev–Trinajstić information content (AvgIpc) is 2.45. The summed E-state index contributed by atoms with van der Waals surface area (Å²) in [5.41, 5.74) is 7.32. The number of alkyl halides is 2. The van der Waals surface area contributed by atoms with Gasteiger partial charge >= 0.3 is 0 Å². The highest BCUT2D eigenvalue weighted by Gasteiger charge is 2.12. The van der Waals surface area contributed by atoms with Crippen LogP contribution in [0.25, 0.3) is 0 Å². The Morgan fingerprint density at radius 2 is 1.70 bits per heavy atom. The summed E-state index contributed by atoms with van der Waals surface area (Å²) in [5.74, 6) is 0.416. The molecule has 0 aliphatic rings. The van der Waals surface area contributed by atoms with E-state index in [1.54, 1.807) is 13.0 Å². The highest BCUT2D eigenvalue weighted by atomic mass is 19.3. The average molecular weight is 277 g/mol. The zero-order valence-corrected chi connectivity index (χ0v) is 11.2. The summed E-state index contributed by atoms with van der Waals surface area (Å²) in [6.07, 6.45) is -2.53. The van der Waals surface area contributed by atoms with Crippen molar-refractivity contribution in [1.29, 1.82) is 0 Å². The van der Waals surface area contributed by atoms with Crippen molar-refractivity contribution in [1.82, 2.24) is 0 Å². The Bertz CT molecular complexity index is 529. The van der Waals surface area contributed by atoms with Crippen LogP contribution in [0.15, 0.2) is 48.5 Å². The first-order chi connectivity index (χ1) is 9.56. The summed E-state index contributed by atoms with van der Waals surface area (Å²) >= 11 is 0. The molecular weight excluding hydrogens is 260 g/mol. The van der Waals surface area contributed by atoms with Crippen LogP contribution in [0.1, 0.15) is 36.1 Å². The molecule has 0 aromatic heterocycles. The number of benzene rings is 2. The first kappa shape index (κ1) is 14.5. The summed E-state index contributed by atoms with van der Waals surface area (Å²) in [6.45, 7) is 2.09. The van der Waals surface area contributed by atoms with Gasteiger partial charge < -0.3 is 10.5 Å². The van der Waals surface area contributed by atoms with E-state index in [4.69, 9.17) is 10.5 Å². The molecule has 2 N–H and O–H groups in total. The van der Waals surface area contributed by atoms with Gasteiger partial charge in [0.15, 0.2) is 0 Å². The molecular formula is C16H17F2NO.